The molecule has 0 aliphatic heterocycles. The quantitative estimate of drug-likeness (QED) is 0.545. The molecule has 0 spiro atoms. The van der Waals surface area contributed by atoms with E-state index in [9.17, 15) is 0 Å². The third kappa shape index (κ3) is 4.76. The molecule has 3 rings (SSSR count). The molecule has 0 radical (unpaired) electrons. The maximum Gasteiger partial charge on any atom is 0.0703 e. The monoisotopic (exact) mass is 316 g/mol. The lowest BCUT2D eigenvalue weighted by Gasteiger charge is -2.07. The van der Waals surface area contributed by atoms with E-state index >= 15 is 0 Å². The van der Waals surface area contributed by atoms with Gasteiger partial charge in [-0.15, -0.1) is 0 Å². The minimum Gasteiger partial charge on any atom is -0.258 e. The maximum atomic E-state index is 4.69. The summed E-state index contributed by atoms with van der Waals surface area (Å²) in [6.07, 6.45) is 7.71. The fourth-order valence-corrected chi connectivity index (χ4v) is 3.00. The Morgan fingerprint density at radius 2 is 1.58 bits per heavy atom. The summed E-state index contributed by atoms with van der Waals surface area (Å²) in [6.45, 7) is 2.06. The summed E-state index contributed by atoms with van der Waals surface area (Å²) in [5.41, 5.74) is 5.87. The molecule has 3 aromatic rings. The van der Waals surface area contributed by atoms with Gasteiger partial charge < -0.3 is 0 Å². The van der Waals surface area contributed by atoms with E-state index in [4.69, 9.17) is 0 Å². The molecule has 0 saturated heterocycles. The van der Waals surface area contributed by atoms with Crippen LogP contribution >= 0.6 is 0 Å². The average molecular weight is 316 g/mol. The van der Waals surface area contributed by atoms with Crippen LogP contribution in [-0.4, -0.2) is 9.97 Å². The summed E-state index contributed by atoms with van der Waals surface area (Å²) in [4.78, 5) is 9.13. The fourth-order valence-electron chi connectivity index (χ4n) is 3.00. The molecule has 0 bridgehead atoms. The zero-order valence-corrected chi connectivity index (χ0v) is 14.3. The standard InChI is InChI=1S/C22H24N2/c1-18-16-20(22-14-8-9-15-23-22)17-21(24-18)13-7-3-6-12-19-10-4-2-5-11-19/h2,4-5,8-11,14-17H,3,6-7,12-13H2,1H3. The van der Waals surface area contributed by atoms with E-state index in [1.165, 1.54) is 42.5 Å². The lowest BCUT2D eigenvalue weighted by atomic mass is 10.0. The molecule has 0 aliphatic carbocycles. The third-order valence-corrected chi connectivity index (χ3v) is 4.21. The number of aromatic nitrogens is 2. The van der Waals surface area contributed by atoms with E-state index in [-0.39, 0.29) is 0 Å². The first-order valence-electron chi connectivity index (χ1n) is 8.74. The summed E-state index contributed by atoms with van der Waals surface area (Å²) in [5, 5.41) is 0. The highest BCUT2D eigenvalue weighted by Crippen LogP contribution is 2.19. The first kappa shape index (κ1) is 16.4. The first-order valence-corrected chi connectivity index (χ1v) is 8.74. The number of unbranched alkanes of at least 4 members (excludes halogenated alkanes) is 2. The van der Waals surface area contributed by atoms with Crippen molar-refractivity contribution in [3.8, 4) is 11.3 Å². The van der Waals surface area contributed by atoms with Gasteiger partial charge in [0.2, 0.25) is 0 Å². The molecule has 2 nitrogen and oxygen atoms in total. The van der Waals surface area contributed by atoms with Crippen molar-refractivity contribution in [3.05, 3.63) is 83.8 Å². The van der Waals surface area contributed by atoms with Crippen molar-refractivity contribution in [1.29, 1.82) is 0 Å². The Bertz CT molecular complexity index is 751. The van der Waals surface area contributed by atoms with Crippen molar-refractivity contribution < 1.29 is 0 Å². The molecule has 1 aromatic carbocycles. The van der Waals surface area contributed by atoms with Crippen LogP contribution < -0.4 is 0 Å². The Morgan fingerprint density at radius 1 is 0.792 bits per heavy atom. The minimum atomic E-state index is 1.02. The number of hydrogen-bond acceptors (Lipinski definition) is 2. The van der Waals surface area contributed by atoms with Gasteiger partial charge in [-0.05, 0) is 62.4 Å². The van der Waals surface area contributed by atoms with Crippen LogP contribution in [0.2, 0.25) is 0 Å². The van der Waals surface area contributed by atoms with Crippen LogP contribution in [0.1, 0.15) is 36.2 Å². The fraction of sp³-hybridized carbons (Fsp3) is 0.273. The largest absolute Gasteiger partial charge is 0.258 e. The molecule has 122 valence electrons. The lowest BCUT2D eigenvalue weighted by molar-refractivity contribution is 0.671. The summed E-state index contributed by atoms with van der Waals surface area (Å²) in [7, 11) is 0. The van der Waals surface area contributed by atoms with E-state index in [0.717, 1.165) is 17.8 Å². The predicted octanol–water partition coefficient (Wildman–Crippen LogP) is 5.41. The van der Waals surface area contributed by atoms with Gasteiger partial charge in [-0.1, -0.05) is 42.8 Å². The molecule has 0 N–H and O–H groups in total. The van der Waals surface area contributed by atoms with Gasteiger partial charge in [0.05, 0.1) is 5.69 Å². The summed E-state index contributed by atoms with van der Waals surface area (Å²) >= 11 is 0. The van der Waals surface area contributed by atoms with Gasteiger partial charge in [0.15, 0.2) is 0 Å². The molecular formula is C22H24N2. The zero-order chi connectivity index (χ0) is 16.6. The van der Waals surface area contributed by atoms with Crippen LogP contribution in [0.4, 0.5) is 0 Å². The highest BCUT2D eigenvalue weighted by molar-refractivity contribution is 5.59. The van der Waals surface area contributed by atoms with Gasteiger partial charge in [0.25, 0.3) is 0 Å². The number of aryl methyl sites for hydroxylation is 3. The van der Waals surface area contributed by atoms with Crippen molar-refractivity contribution in [1.82, 2.24) is 9.97 Å². The van der Waals surface area contributed by atoms with E-state index in [1.807, 2.05) is 18.3 Å². The summed E-state index contributed by atoms with van der Waals surface area (Å²) in [5.74, 6) is 0. The van der Waals surface area contributed by atoms with Gasteiger partial charge in [-0.3, -0.25) is 9.97 Å². The van der Waals surface area contributed by atoms with Crippen LogP contribution in [0.5, 0.6) is 0 Å². The van der Waals surface area contributed by atoms with Gasteiger partial charge in [0.1, 0.15) is 0 Å². The van der Waals surface area contributed by atoms with Crippen molar-refractivity contribution in [3.63, 3.8) is 0 Å². The lowest BCUT2D eigenvalue weighted by Crippen LogP contribution is -1.96. The second-order valence-electron chi connectivity index (χ2n) is 6.25. The highest BCUT2D eigenvalue weighted by Gasteiger charge is 2.04. The SMILES string of the molecule is Cc1cc(-c2ccccn2)cc(CCCCCc2ccccc2)n1. The third-order valence-electron chi connectivity index (χ3n) is 4.21. The Hall–Kier alpha value is -2.48. The summed E-state index contributed by atoms with van der Waals surface area (Å²) < 4.78 is 0. The molecule has 0 unspecified atom stereocenters. The van der Waals surface area contributed by atoms with Gasteiger partial charge in [-0.25, -0.2) is 0 Å². The molecule has 0 atom stereocenters. The molecule has 2 aromatic heterocycles. The first-order chi connectivity index (χ1) is 11.8. The normalized spacial score (nSPS) is 10.7. The summed E-state index contributed by atoms with van der Waals surface area (Å²) in [6, 6.07) is 21.1. The Kier molecular flexibility index (Phi) is 5.73. The highest BCUT2D eigenvalue weighted by atomic mass is 14.7. The predicted molar refractivity (Wildman–Crippen MR) is 99.9 cm³/mol. The number of hydrogen-bond donors (Lipinski definition) is 0. The van der Waals surface area contributed by atoms with Crippen LogP contribution in [0, 0.1) is 6.92 Å². The van der Waals surface area contributed by atoms with Crippen molar-refractivity contribution >= 4 is 0 Å². The Balaban J connectivity index is 1.53. The molecule has 24 heavy (non-hydrogen) atoms. The van der Waals surface area contributed by atoms with E-state index < -0.39 is 0 Å². The van der Waals surface area contributed by atoms with E-state index in [0.29, 0.717) is 0 Å². The van der Waals surface area contributed by atoms with Crippen LogP contribution in [0.3, 0.4) is 0 Å². The van der Waals surface area contributed by atoms with Gasteiger partial charge >= 0.3 is 0 Å². The maximum absolute atomic E-state index is 4.69. The molecule has 0 fully saturated rings. The minimum absolute atomic E-state index is 1.02. The topological polar surface area (TPSA) is 25.8 Å². The molecule has 0 amide bonds. The van der Waals surface area contributed by atoms with E-state index in [2.05, 4.69) is 65.4 Å². The number of rotatable bonds is 7. The number of nitrogens with zero attached hydrogens (tertiary/aromatic N) is 2. The Labute approximate surface area is 144 Å². The van der Waals surface area contributed by atoms with Crippen LogP contribution in [0.25, 0.3) is 11.3 Å². The average Bonchev–Trinajstić information content (AvgIpc) is 2.63. The second kappa shape index (κ2) is 8.39. The smallest absolute Gasteiger partial charge is 0.0703 e. The van der Waals surface area contributed by atoms with Crippen molar-refractivity contribution in [2.45, 2.75) is 39.0 Å². The molecular weight excluding hydrogens is 292 g/mol. The van der Waals surface area contributed by atoms with E-state index in [1.54, 1.807) is 0 Å². The zero-order valence-electron chi connectivity index (χ0n) is 14.3. The van der Waals surface area contributed by atoms with Crippen LogP contribution in [0.15, 0.2) is 66.9 Å². The van der Waals surface area contributed by atoms with Crippen LogP contribution in [-0.2, 0) is 12.8 Å². The van der Waals surface area contributed by atoms with Gasteiger partial charge in [0, 0.05) is 23.1 Å². The molecule has 0 aliphatic rings. The van der Waals surface area contributed by atoms with Crippen molar-refractivity contribution in [2.24, 2.45) is 0 Å². The molecule has 2 heterocycles. The second-order valence-corrected chi connectivity index (χ2v) is 6.25. The number of benzene rings is 1. The van der Waals surface area contributed by atoms with Crippen molar-refractivity contribution in [2.75, 3.05) is 0 Å². The Morgan fingerprint density at radius 3 is 2.38 bits per heavy atom. The molecule has 2 heteroatoms. The van der Waals surface area contributed by atoms with Gasteiger partial charge in [-0.2, -0.15) is 0 Å². The molecule has 0 saturated carbocycles. The number of pyridine rings is 2.